The average molecular weight is 386 g/mol. The van der Waals surface area contributed by atoms with E-state index in [2.05, 4.69) is 0 Å². The molecule has 2 aromatic heterocycles. The number of ketones is 2. The zero-order valence-corrected chi connectivity index (χ0v) is 15.9. The minimum Gasteiger partial charge on any atom is -0.512 e. The minimum absolute atomic E-state index is 0. The number of thiophene rings is 2. The number of aliphatic hydroxyl groups excluding tert-OH is 2. The molecule has 0 aromatic carbocycles. The fraction of sp³-hybridized carbons (Fsp3) is 0.125. The Balaban J connectivity index is 0.000000403. The van der Waals surface area contributed by atoms with Crippen LogP contribution in [0.2, 0.25) is 0 Å². The SMILES string of the molecule is C/C(O)=C/C(=[OH+])c1cccs1.C/C(O)=C/C(=[OH+])c1cccs1.[Ti]. The number of hydrogen-bond donors (Lipinski definition) is 2. The van der Waals surface area contributed by atoms with Gasteiger partial charge in [0.15, 0.2) is 0 Å². The van der Waals surface area contributed by atoms with Crippen molar-refractivity contribution in [3.63, 3.8) is 0 Å². The van der Waals surface area contributed by atoms with Gasteiger partial charge in [0.05, 0.1) is 23.7 Å². The number of carbonyl (C=O) groups excluding carboxylic acids is 2. The summed E-state index contributed by atoms with van der Waals surface area (Å²) in [6.07, 6.45) is 2.65. The molecule has 0 fully saturated rings. The summed E-state index contributed by atoms with van der Waals surface area (Å²) < 4.78 is 0. The number of rotatable bonds is 4. The summed E-state index contributed by atoms with van der Waals surface area (Å²) in [5.74, 6) is 0.437. The van der Waals surface area contributed by atoms with Crippen LogP contribution in [0.25, 0.3) is 0 Å². The van der Waals surface area contributed by atoms with Crippen molar-refractivity contribution >= 4 is 34.2 Å². The second-order valence-corrected chi connectivity index (χ2v) is 6.19. The maximum absolute atomic E-state index is 9.27. The molecule has 0 spiro atoms. The van der Waals surface area contributed by atoms with Crippen molar-refractivity contribution in [3.05, 3.63) is 68.5 Å². The molecule has 2 heterocycles. The first kappa shape index (κ1) is 21.5. The van der Waals surface area contributed by atoms with Gasteiger partial charge < -0.3 is 10.2 Å². The van der Waals surface area contributed by atoms with Crippen LogP contribution in [-0.4, -0.2) is 31.4 Å². The molecule has 120 valence electrons. The monoisotopic (exact) mass is 386 g/mol. The van der Waals surface area contributed by atoms with Gasteiger partial charge in [-0.05, 0) is 36.7 Å². The van der Waals surface area contributed by atoms with Gasteiger partial charge in [-0.15, -0.1) is 22.7 Å². The molecule has 0 atom stereocenters. The Labute approximate surface area is 157 Å². The van der Waals surface area contributed by atoms with Gasteiger partial charge >= 0.3 is 11.6 Å². The minimum atomic E-state index is 0. The van der Waals surface area contributed by atoms with Gasteiger partial charge in [0, 0.05) is 21.7 Å². The van der Waals surface area contributed by atoms with Crippen LogP contribution in [0.3, 0.4) is 0 Å². The molecule has 0 saturated carbocycles. The van der Waals surface area contributed by atoms with Crippen molar-refractivity contribution in [2.24, 2.45) is 0 Å². The Hall–Kier alpha value is -1.47. The van der Waals surface area contributed by atoms with Crippen molar-refractivity contribution < 1.29 is 41.5 Å². The molecular weight excluding hydrogens is 368 g/mol. The second-order valence-electron chi connectivity index (χ2n) is 4.30. The zero-order valence-electron chi connectivity index (χ0n) is 12.7. The molecule has 7 heteroatoms. The van der Waals surface area contributed by atoms with Gasteiger partial charge in [-0.3, -0.25) is 9.59 Å². The van der Waals surface area contributed by atoms with Crippen molar-refractivity contribution in [2.45, 2.75) is 13.8 Å². The van der Waals surface area contributed by atoms with Crippen LogP contribution in [-0.2, 0) is 21.7 Å². The molecule has 0 aliphatic carbocycles. The van der Waals surface area contributed by atoms with Crippen LogP contribution in [0.4, 0.5) is 0 Å². The quantitative estimate of drug-likeness (QED) is 0.271. The average Bonchev–Trinajstić information content (AvgIpc) is 3.12. The first-order valence-electron chi connectivity index (χ1n) is 6.34. The van der Waals surface area contributed by atoms with Gasteiger partial charge in [-0.25, -0.2) is 0 Å². The molecule has 0 bridgehead atoms. The van der Waals surface area contributed by atoms with Crippen LogP contribution >= 0.6 is 22.7 Å². The third-order valence-corrected chi connectivity index (χ3v) is 4.02. The van der Waals surface area contributed by atoms with Gasteiger partial charge in [-0.2, -0.15) is 0 Å². The summed E-state index contributed by atoms with van der Waals surface area (Å²) in [5.41, 5.74) is 0. The second kappa shape index (κ2) is 11.1. The summed E-state index contributed by atoms with van der Waals surface area (Å²) in [5, 5.41) is 21.3. The van der Waals surface area contributed by atoms with Crippen molar-refractivity contribution in [2.75, 3.05) is 0 Å². The normalized spacial score (nSPS) is 11.0. The van der Waals surface area contributed by atoms with Gasteiger partial charge in [-0.1, -0.05) is 12.1 Å². The standard InChI is InChI=1S/2C8H8O2S.Ti/c2*1-6(9)5-7(10)8-3-2-4-11-8;/h2*2-5,9H,1H3;/p+2/b2*6-5-;. The van der Waals surface area contributed by atoms with E-state index in [0.29, 0.717) is 0 Å². The maximum Gasteiger partial charge on any atom is 0.360 e. The molecule has 4 N–H and O–H groups in total. The Kier molecular flexibility index (Phi) is 10.4. The molecule has 23 heavy (non-hydrogen) atoms. The van der Waals surface area contributed by atoms with Crippen LogP contribution < -0.4 is 0 Å². The van der Waals surface area contributed by atoms with E-state index >= 15 is 0 Å². The van der Waals surface area contributed by atoms with E-state index in [4.69, 9.17) is 10.2 Å². The summed E-state index contributed by atoms with van der Waals surface area (Å²) in [4.78, 5) is 20.1. The fourth-order valence-corrected chi connectivity index (χ4v) is 2.67. The smallest absolute Gasteiger partial charge is 0.360 e. The predicted molar refractivity (Wildman–Crippen MR) is 93.5 cm³/mol. The van der Waals surface area contributed by atoms with E-state index < -0.39 is 0 Å². The largest absolute Gasteiger partial charge is 0.512 e. The molecule has 0 aliphatic heterocycles. The fourth-order valence-electron chi connectivity index (χ4n) is 1.39. The van der Waals surface area contributed by atoms with Crippen molar-refractivity contribution in [1.82, 2.24) is 0 Å². The number of hydrogen-bond acceptors (Lipinski definition) is 4. The molecule has 0 unspecified atom stereocenters. The topological polar surface area (TPSA) is 83.3 Å². The summed E-state index contributed by atoms with van der Waals surface area (Å²) in [7, 11) is 0. The molecule has 2 rings (SSSR count). The Morgan fingerprint density at radius 3 is 1.43 bits per heavy atom. The Morgan fingerprint density at radius 2 is 1.22 bits per heavy atom. The Morgan fingerprint density at radius 1 is 0.870 bits per heavy atom. The van der Waals surface area contributed by atoms with Gasteiger partial charge in [0.25, 0.3) is 0 Å². The van der Waals surface area contributed by atoms with Crippen LogP contribution in [0.5, 0.6) is 0 Å². The van der Waals surface area contributed by atoms with Gasteiger partial charge in [0.2, 0.25) is 0 Å². The van der Waals surface area contributed by atoms with Crippen molar-refractivity contribution in [1.29, 1.82) is 0 Å². The summed E-state index contributed by atoms with van der Waals surface area (Å²) in [6, 6.07) is 7.27. The van der Waals surface area contributed by atoms with Crippen LogP contribution in [0.15, 0.2) is 58.7 Å². The molecule has 0 radical (unpaired) electrons. The van der Waals surface area contributed by atoms with Crippen LogP contribution in [0.1, 0.15) is 23.6 Å². The van der Waals surface area contributed by atoms with E-state index in [1.807, 2.05) is 22.9 Å². The molecular formula is C16H18O4S2Ti+2. The van der Waals surface area contributed by atoms with E-state index in [1.54, 1.807) is 12.1 Å². The first-order valence-corrected chi connectivity index (χ1v) is 8.10. The zero-order chi connectivity index (χ0) is 16.5. The maximum atomic E-state index is 9.27. The third-order valence-electron chi connectivity index (χ3n) is 2.24. The van der Waals surface area contributed by atoms with E-state index in [1.165, 1.54) is 48.7 Å². The number of allylic oxidation sites excluding steroid dienone is 4. The van der Waals surface area contributed by atoms with E-state index in [0.717, 1.165) is 9.75 Å². The molecule has 4 nitrogen and oxygen atoms in total. The molecule has 2 aromatic rings. The first-order chi connectivity index (χ1) is 10.4. The van der Waals surface area contributed by atoms with E-state index in [9.17, 15) is 9.59 Å². The third kappa shape index (κ3) is 8.66. The van der Waals surface area contributed by atoms with Crippen LogP contribution in [0, 0.1) is 0 Å². The van der Waals surface area contributed by atoms with E-state index in [-0.39, 0.29) is 44.8 Å². The summed E-state index contributed by atoms with van der Waals surface area (Å²) in [6.45, 7) is 3.04. The molecule has 0 amide bonds. The predicted octanol–water partition coefficient (Wildman–Crippen LogP) is 4.20. The molecule has 0 aliphatic rings. The molecule has 0 saturated heterocycles. The van der Waals surface area contributed by atoms with Crippen molar-refractivity contribution in [3.8, 4) is 0 Å². The number of aliphatic hydroxyl groups is 2. The van der Waals surface area contributed by atoms with Gasteiger partial charge in [0.1, 0.15) is 9.75 Å². The Bertz CT molecular complexity index is 603. The summed E-state index contributed by atoms with van der Waals surface area (Å²) >= 11 is 2.86.